The quantitative estimate of drug-likeness (QED) is 0.198. The number of hydrogen-bond acceptors (Lipinski definition) is 5. The van der Waals surface area contributed by atoms with Gasteiger partial charge in [-0.3, -0.25) is 10.1 Å². The average molecular weight is 589 g/mol. The molecular formula is C29H25F5N4O4. The zero-order valence-electron chi connectivity index (χ0n) is 22.7. The second kappa shape index (κ2) is 11.5. The summed E-state index contributed by atoms with van der Waals surface area (Å²) in [7, 11) is 0. The molecule has 0 aliphatic heterocycles. The number of alkyl halides is 3. The van der Waals surface area contributed by atoms with E-state index >= 15 is 0 Å². The number of ether oxygens (including phenoxy) is 2. The molecule has 4 rings (SSSR count). The molecule has 0 saturated heterocycles. The maximum Gasteiger partial charge on any atom is 0.416 e. The molecule has 0 radical (unpaired) electrons. The Bertz CT molecular complexity index is 1640. The fourth-order valence-corrected chi connectivity index (χ4v) is 3.75. The second-order valence-electron chi connectivity index (χ2n) is 10.1. The Morgan fingerprint density at radius 1 is 0.905 bits per heavy atom. The van der Waals surface area contributed by atoms with Gasteiger partial charge in [0.25, 0.3) is 5.91 Å². The van der Waals surface area contributed by atoms with Crippen molar-refractivity contribution in [1.82, 2.24) is 9.97 Å². The molecule has 1 heterocycles. The maximum absolute atomic E-state index is 14.7. The van der Waals surface area contributed by atoms with Gasteiger partial charge in [0, 0.05) is 11.3 Å². The number of imidazole rings is 1. The smallest absolute Gasteiger partial charge is 0.416 e. The van der Waals surface area contributed by atoms with Crippen LogP contribution in [-0.2, 0) is 10.9 Å². The minimum atomic E-state index is -4.76. The summed E-state index contributed by atoms with van der Waals surface area (Å²) in [5.74, 6) is -2.36. The van der Waals surface area contributed by atoms with Crippen LogP contribution in [0, 0.1) is 18.6 Å². The van der Waals surface area contributed by atoms with Gasteiger partial charge in [-0.25, -0.2) is 18.6 Å². The first kappa shape index (κ1) is 30.0. The molecule has 3 aromatic carbocycles. The summed E-state index contributed by atoms with van der Waals surface area (Å²) in [5.41, 5.74) is -1.87. The van der Waals surface area contributed by atoms with E-state index in [1.807, 2.05) is 0 Å². The van der Waals surface area contributed by atoms with E-state index in [9.17, 15) is 31.5 Å². The molecule has 4 aromatic rings. The summed E-state index contributed by atoms with van der Waals surface area (Å²) in [6.07, 6.45) is -4.31. The van der Waals surface area contributed by atoms with Gasteiger partial charge < -0.3 is 19.8 Å². The highest BCUT2D eigenvalue weighted by Gasteiger charge is 2.32. The van der Waals surface area contributed by atoms with Crippen molar-refractivity contribution >= 4 is 23.6 Å². The lowest BCUT2D eigenvalue weighted by molar-refractivity contribution is -0.137. The number of rotatable bonds is 6. The van der Waals surface area contributed by atoms with E-state index in [2.05, 4.69) is 20.6 Å². The monoisotopic (exact) mass is 588 g/mol. The number of aromatic nitrogens is 2. The van der Waals surface area contributed by atoms with Crippen molar-refractivity contribution < 1.29 is 41.0 Å². The Balaban J connectivity index is 1.61. The third-order valence-corrected chi connectivity index (χ3v) is 5.62. The topological polar surface area (TPSA) is 105 Å². The lowest BCUT2D eigenvalue weighted by atomic mass is 10.1. The lowest BCUT2D eigenvalue weighted by Gasteiger charge is -2.18. The molecule has 0 aliphatic carbocycles. The van der Waals surface area contributed by atoms with Gasteiger partial charge in [0.05, 0.1) is 23.0 Å². The van der Waals surface area contributed by atoms with E-state index in [0.717, 1.165) is 24.3 Å². The molecule has 13 heteroatoms. The number of carbonyl (C=O) groups excluding carboxylic acids is 2. The van der Waals surface area contributed by atoms with Gasteiger partial charge in [0.15, 0.2) is 0 Å². The van der Waals surface area contributed by atoms with E-state index in [0.29, 0.717) is 11.6 Å². The highest BCUT2D eigenvalue weighted by atomic mass is 19.4. The molecule has 0 atom stereocenters. The Hall–Kier alpha value is -4.94. The highest BCUT2D eigenvalue weighted by molar-refractivity contribution is 6.06. The number of H-pyrrole nitrogens is 1. The van der Waals surface area contributed by atoms with Gasteiger partial charge in [0.1, 0.15) is 28.7 Å². The summed E-state index contributed by atoms with van der Waals surface area (Å²) in [6, 6.07) is 9.41. The summed E-state index contributed by atoms with van der Waals surface area (Å²) >= 11 is 0. The van der Waals surface area contributed by atoms with Crippen LogP contribution < -0.4 is 15.4 Å². The van der Waals surface area contributed by atoms with Crippen molar-refractivity contribution in [2.24, 2.45) is 0 Å². The van der Waals surface area contributed by atoms with E-state index in [-0.39, 0.29) is 34.4 Å². The second-order valence-corrected chi connectivity index (χ2v) is 10.1. The normalized spacial score (nSPS) is 11.6. The van der Waals surface area contributed by atoms with Crippen molar-refractivity contribution in [3.8, 4) is 22.8 Å². The summed E-state index contributed by atoms with van der Waals surface area (Å²) in [5, 5.41) is 4.83. The summed E-state index contributed by atoms with van der Waals surface area (Å²) in [4.78, 5) is 31.9. The third kappa shape index (κ3) is 7.42. The molecule has 0 spiro atoms. The van der Waals surface area contributed by atoms with Gasteiger partial charge in [-0.15, -0.1) is 0 Å². The molecule has 0 unspecified atom stereocenters. The average Bonchev–Trinajstić information content (AvgIpc) is 3.33. The van der Waals surface area contributed by atoms with Crippen molar-refractivity contribution in [3.05, 3.63) is 89.1 Å². The standard InChI is InChI=1S/C29H25F5N4O4/c1-15-11-17(30)6-10-23(15)41-24-9-5-16(29(32,33)34)12-20(24)25(39)36-18-7-8-21(31)19(13-18)22-14-35-26(37-22)38-27(40)42-28(2,3)4/h5-14H,1-4H3,(H,36,39)(H2,35,37,38,40). The van der Waals surface area contributed by atoms with E-state index in [1.165, 1.54) is 37.4 Å². The Morgan fingerprint density at radius 3 is 2.29 bits per heavy atom. The van der Waals surface area contributed by atoms with Crippen LogP contribution in [0.2, 0.25) is 0 Å². The van der Waals surface area contributed by atoms with Crippen molar-refractivity contribution in [1.29, 1.82) is 0 Å². The van der Waals surface area contributed by atoms with E-state index in [4.69, 9.17) is 9.47 Å². The fraction of sp³-hybridized carbons (Fsp3) is 0.207. The molecule has 1 aromatic heterocycles. The van der Waals surface area contributed by atoms with Crippen molar-refractivity contribution in [2.45, 2.75) is 39.5 Å². The van der Waals surface area contributed by atoms with Crippen LogP contribution in [0.15, 0.2) is 60.8 Å². The predicted molar refractivity (Wildman–Crippen MR) is 144 cm³/mol. The van der Waals surface area contributed by atoms with Crippen LogP contribution >= 0.6 is 0 Å². The fourth-order valence-electron chi connectivity index (χ4n) is 3.75. The summed E-state index contributed by atoms with van der Waals surface area (Å²) in [6.45, 7) is 6.56. The van der Waals surface area contributed by atoms with Crippen LogP contribution in [-0.4, -0.2) is 27.6 Å². The first-order chi connectivity index (χ1) is 19.6. The highest BCUT2D eigenvalue weighted by Crippen LogP contribution is 2.36. The molecule has 3 N–H and O–H groups in total. The van der Waals surface area contributed by atoms with Crippen molar-refractivity contribution in [2.75, 3.05) is 10.6 Å². The van der Waals surface area contributed by atoms with Gasteiger partial charge in [-0.1, -0.05) is 0 Å². The number of aryl methyl sites for hydroxylation is 1. The first-order valence-electron chi connectivity index (χ1n) is 12.4. The van der Waals surface area contributed by atoms with Crippen LogP contribution in [0.1, 0.15) is 42.3 Å². The lowest BCUT2D eigenvalue weighted by Crippen LogP contribution is -2.27. The predicted octanol–water partition coefficient (Wildman–Crippen LogP) is 8.07. The van der Waals surface area contributed by atoms with Crippen LogP contribution in [0.25, 0.3) is 11.3 Å². The molecule has 0 saturated carbocycles. The van der Waals surface area contributed by atoms with Crippen LogP contribution in [0.3, 0.4) is 0 Å². The Morgan fingerprint density at radius 2 is 1.62 bits per heavy atom. The number of nitrogens with one attached hydrogen (secondary N) is 3. The molecule has 8 nitrogen and oxygen atoms in total. The number of aromatic amines is 1. The van der Waals surface area contributed by atoms with Crippen LogP contribution in [0.4, 0.5) is 38.4 Å². The van der Waals surface area contributed by atoms with Gasteiger partial charge in [-0.2, -0.15) is 13.2 Å². The van der Waals surface area contributed by atoms with Gasteiger partial charge in [-0.05, 0) is 87.9 Å². The minimum absolute atomic E-state index is 0.0325. The molecular weight excluding hydrogens is 563 g/mol. The number of anilines is 2. The van der Waals surface area contributed by atoms with E-state index < -0.39 is 46.5 Å². The molecule has 0 aliphatic rings. The Labute approximate surface area is 236 Å². The number of nitrogens with zero attached hydrogens (tertiary/aromatic N) is 1. The zero-order chi connectivity index (χ0) is 30.8. The van der Waals surface area contributed by atoms with Crippen LogP contribution in [0.5, 0.6) is 11.5 Å². The largest absolute Gasteiger partial charge is 0.456 e. The molecule has 0 bridgehead atoms. The van der Waals surface area contributed by atoms with E-state index in [1.54, 1.807) is 20.8 Å². The summed E-state index contributed by atoms with van der Waals surface area (Å²) < 4.78 is 79.5. The molecule has 0 fully saturated rings. The minimum Gasteiger partial charge on any atom is -0.456 e. The maximum atomic E-state index is 14.7. The number of carbonyl (C=O) groups is 2. The number of halogens is 5. The molecule has 42 heavy (non-hydrogen) atoms. The zero-order valence-corrected chi connectivity index (χ0v) is 22.7. The molecule has 220 valence electrons. The van der Waals surface area contributed by atoms with Crippen molar-refractivity contribution in [3.63, 3.8) is 0 Å². The number of benzene rings is 3. The SMILES string of the molecule is Cc1cc(F)ccc1Oc1ccc(C(F)(F)F)cc1C(=O)Nc1ccc(F)c(-c2cnc(NC(=O)OC(C)(C)C)[nH]2)c1. The first-order valence-corrected chi connectivity index (χ1v) is 12.4. The molecule has 2 amide bonds. The van der Waals surface area contributed by atoms with Gasteiger partial charge >= 0.3 is 12.3 Å². The van der Waals surface area contributed by atoms with Gasteiger partial charge in [0.2, 0.25) is 5.95 Å². The number of hydrogen-bond donors (Lipinski definition) is 3. The Kier molecular flexibility index (Phi) is 8.23. The third-order valence-electron chi connectivity index (χ3n) is 5.62. The number of amides is 2.